The van der Waals surface area contributed by atoms with E-state index in [4.69, 9.17) is 4.42 Å². The van der Waals surface area contributed by atoms with Gasteiger partial charge in [0.2, 0.25) is 0 Å². The van der Waals surface area contributed by atoms with Crippen LogP contribution < -0.4 is 10.6 Å². The van der Waals surface area contributed by atoms with Crippen LogP contribution in [-0.2, 0) is 12.0 Å². The van der Waals surface area contributed by atoms with Crippen molar-refractivity contribution in [3.05, 3.63) is 59.5 Å². The highest BCUT2D eigenvalue weighted by Crippen LogP contribution is 2.36. The summed E-state index contributed by atoms with van der Waals surface area (Å²) >= 11 is 0. The monoisotopic (exact) mass is 337 g/mol. The number of benzene rings is 2. The molecule has 2 amide bonds. The van der Waals surface area contributed by atoms with Crippen molar-refractivity contribution in [3.63, 3.8) is 0 Å². The fraction of sp³-hybridized carbons (Fsp3) is 0.263. The topological polar surface area (TPSA) is 87.4 Å². The molecule has 6 nitrogen and oxygen atoms in total. The Morgan fingerprint density at radius 2 is 2.16 bits per heavy atom. The zero-order valence-corrected chi connectivity index (χ0v) is 13.9. The number of anilines is 1. The molecule has 0 bridgehead atoms. The van der Waals surface area contributed by atoms with Gasteiger partial charge in [0.15, 0.2) is 11.5 Å². The van der Waals surface area contributed by atoms with E-state index >= 15 is 0 Å². The van der Waals surface area contributed by atoms with Crippen molar-refractivity contribution in [3.8, 4) is 0 Å². The van der Waals surface area contributed by atoms with Gasteiger partial charge >= 0.3 is 6.03 Å². The minimum atomic E-state index is -1.01. The Kier molecular flexibility index (Phi) is 3.69. The maximum Gasteiger partial charge on any atom is 0.319 e. The van der Waals surface area contributed by atoms with Crippen molar-refractivity contribution < 1.29 is 14.3 Å². The Bertz CT molecular complexity index is 950. The first-order chi connectivity index (χ1) is 12.0. The van der Waals surface area contributed by atoms with Gasteiger partial charge in [0.05, 0.1) is 6.54 Å². The number of hydrogen-bond donors (Lipinski definition) is 3. The average Bonchev–Trinajstić information content (AvgIpc) is 3.13. The van der Waals surface area contributed by atoms with Crippen molar-refractivity contribution in [2.45, 2.75) is 25.4 Å². The van der Waals surface area contributed by atoms with Crippen LogP contribution in [0.2, 0.25) is 0 Å². The van der Waals surface area contributed by atoms with E-state index in [2.05, 4.69) is 15.6 Å². The lowest BCUT2D eigenvalue weighted by atomic mass is 9.96. The van der Waals surface area contributed by atoms with Crippen molar-refractivity contribution in [1.29, 1.82) is 0 Å². The van der Waals surface area contributed by atoms with Crippen LogP contribution in [0, 0.1) is 6.92 Å². The van der Waals surface area contributed by atoms with Crippen LogP contribution in [0.15, 0.2) is 46.9 Å². The van der Waals surface area contributed by atoms with E-state index in [1.54, 1.807) is 25.1 Å². The molecule has 0 saturated carbocycles. The minimum absolute atomic E-state index is 0.168. The molecule has 2 aromatic carbocycles. The zero-order valence-electron chi connectivity index (χ0n) is 13.9. The van der Waals surface area contributed by atoms with Crippen LogP contribution in [0.25, 0.3) is 11.1 Å². The Morgan fingerprint density at radius 3 is 3.04 bits per heavy atom. The third-order valence-electron chi connectivity index (χ3n) is 4.62. The number of rotatable bonds is 3. The summed E-state index contributed by atoms with van der Waals surface area (Å²) < 4.78 is 5.42. The Balaban J connectivity index is 1.42. The molecule has 1 unspecified atom stereocenters. The molecule has 6 heteroatoms. The summed E-state index contributed by atoms with van der Waals surface area (Å²) in [4.78, 5) is 16.4. The molecule has 1 aromatic heterocycles. The molecule has 1 aliphatic rings. The molecule has 0 saturated heterocycles. The fourth-order valence-electron chi connectivity index (χ4n) is 3.37. The largest absolute Gasteiger partial charge is 0.441 e. The lowest BCUT2D eigenvalue weighted by molar-refractivity contribution is 0.0417. The van der Waals surface area contributed by atoms with E-state index in [0.717, 1.165) is 17.5 Å². The van der Waals surface area contributed by atoms with Crippen molar-refractivity contribution >= 4 is 22.8 Å². The van der Waals surface area contributed by atoms with Gasteiger partial charge in [-0.25, -0.2) is 9.78 Å². The van der Waals surface area contributed by atoms with Crippen molar-refractivity contribution in [2.75, 3.05) is 11.9 Å². The van der Waals surface area contributed by atoms with Gasteiger partial charge in [0.25, 0.3) is 0 Å². The number of aryl methyl sites for hydroxylation is 2. The molecule has 1 aliphatic carbocycles. The molecule has 4 rings (SSSR count). The van der Waals surface area contributed by atoms with Gasteiger partial charge in [-0.2, -0.15) is 0 Å². The quantitative estimate of drug-likeness (QED) is 0.685. The third-order valence-corrected chi connectivity index (χ3v) is 4.62. The highest BCUT2D eigenvalue weighted by Gasteiger charge is 2.36. The highest BCUT2D eigenvalue weighted by molar-refractivity contribution is 5.91. The zero-order chi connectivity index (χ0) is 17.4. The molecule has 128 valence electrons. The number of hydrogen-bond acceptors (Lipinski definition) is 4. The molecule has 0 radical (unpaired) electrons. The predicted octanol–water partition coefficient (Wildman–Crippen LogP) is 3.09. The summed E-state index contributed by atoms with van der Waals surface area (Å²) in [5.41, 5.74) is 3.02. The third kappa shape index (κ3) is 2.96. The van der Waals surface area contributed by atoms with E-state index in [-0.39, 0.29) is 12.6 Å². The van der Waals surface area contributed by atoms with Gasteiger partial charge < -0.3 is 20.2 Å². The number of oxazole rings is 1. The van der Waals surface area contributed by atoms with Crippen LogP contribution in [0.1, 0.15) is 23.4 Å². The summed E-state index contributed by atoms with van der Waals surface area (Å²) in [7, 11) is 0. The van der Waals surface area contributed by atoms with Crippen LogP contribution in [0.4, 0.5) is 10.5 Å². The molecule has 0 fully saturated rings. The average molecular weight is 337 g/mol. The first-order valence-corrected chi connectivity index (χ1v) is 8.26. The summed E-state index contributed by atoms with van der Waals surface area (Å²) in [5, 5.41) is 16.4. The second-order valence-electron chi connectivity index (χ2n) is 6.41. The van der Waals surface area contributed by atoms with E-state index in [0.29, 0.717) is 29.1 Å². The Labute approximate surface area is 144 Å². The van der Waals surface area contributed by atoms with Crippen LogP contribution >= 0.6 is 0 Å². The number of fused-ring (bicyclic) bond motifs is 2. The van der Waals surface area contributed by atoms with E-state index in [1.165, 1.54) is 0 Å². The number of aliphatic hydroxyl groups is 1. The maximum atomic E-state index is 12.2. The molecule has 0 spiro atoms. The first-order valence-electron chi connectivity index (χ1n) is 8.26. The van der Waals surface area contributed by atoms with Crippen LogP contribution in [0.5, 0.6) is 0 Å². The summed E-state index contributed by atoms with van der Waals surface area (Å²) in [6.07, 6.45) is 1.43. The highest BCUT2D eigenvalue weighted by atomic mass is 16.3. The number of carbonyl (C=O) groups is 1. The molecule has 1 heterocycles. The summed E-state index contributed by atoms with van der Waals surface area (Å²) in [5.74, 6) is 0.582. The Morgan fingerprint density at radius 1 is 1.32 bits per heavy atom. The van der Waals surface area contributed by atoms with Crippen LogP contribution in [-0.4, -0.2) is 22.7 Å². The second-order valence-corrected chi connectivity index (χ2v) is 6.41. The molecule has 1 atom stereocenters. The van der Waals surface area contributed by atoms with Gasteiger partial charge in [0.1, 0.15) is 11.1 Å². The smallest absolute Gasteiger partial charge is 0.319 e. The number of nitrogens with one attached hydrogen (secondary N) is 2. The lowest BCUT2D eigenvalue weighted by Gasteiger charge is -2.24. The maximum absolute atomic E-state index is 12.2. The Hall–Kier alpha value is -2.86. The number of nitrogens with zero attached hydrogens (tertiary/aromatic N) is 1. The van der Waals surface area contributed by atoms with Gasteiger partial charge in [0, 0.05) is 12.6 Å². The van der Waals surface area contributed by atoms with Gasteiger partial charge in [-0.1, -0.05) is 24.3 Å². The standard InChI is InChI=1S/C19H19N3O3/c1-12-21-16-10-14(6-7-17(16)25-12)22-18(23)20-11-19(24)9-8-13-4-2-3-5-15(13)19/h2-7,10,24H,8-9,11H2,1H3,(H2,20,22,23). The molecular formula is C19H19N3O3. The number of urea groups is 1. The minimum Gasteiger partial charge on any atom is -0.441 e. The van der Waals surface area contributed by atoms with Crippen molar-refractivity contribution in [1.82, 2.24) is 10.3 Å². The number of aromatic nitrogens is 1. The van der Waals surface area contributed by atoms with E-state index in [9.17, 15) is 9.90 Å². The van der Waals surface area contributed by atoms with E-state index < -0.39 is 5.60 Å². The number of amides is 2. The summed E-state index contributed by atoms with van der Waals surface area (Å²) in [6, 6.07) is 12.7. The van der Waals surface area contributed by atoms with Gasteiger partial charge in [-0.15, -0.1) is 0 Å². The van der Waals surface area contributed by atoms with E-state index in [1.807, 2.05) is 24.3 Å². The predicted molar refractivity (Wildman–Crippen MR) is 94.4 cm³/mol. The lowest BCUT2D eigenvalue weighted by Crippen LogP contribution is -2.41. The molecule has 3 aromatic rings. The fourth-order valence-corrected chi connectivity index (χ4v) is 3.37. The molecule has 3 N–H and O–H groups in total. The molecule has 0 aliphatic heterocycles. The molecule has 25 heavy (non-hydrogen) atoms. The molecular weight excluding hydrogens is 318 g/mol. The second kappa shape index (κ2) is 5.89. The van der Waals surface area contributed by atoms with Crippen molar-refractivity contribution in [2.24, 2.45) is 0 Å². The van der Waals surface area contributed by atoms with Gasteiger partial charge in [-0.3, -0.25) is 0 Å². The first kappa shape index (κ1) is 15.7. The number of carbonyl (C=O) groups excluding carboxylic acids is 1. The SMILES string of the molecule is Cc1nc2cc(NC(=O)NCC3(O)CCc4ccccc43)ccc2o1. The summed E-state index contributed by atoms with van der Waals surface area (Å²) in [6.45, 7) is 1.95. The van der Waals surface area contributed by atoms with Gasteiger partial charge in [-0.05, 0) is 42.2 Å². The van der Waals surface area contributed by atoms with Crippen LogP contribution in [0.3, 0.4) is 0 Å². The normalized spacial score (nSPS) is 19.0.